The van der Waals surface area contributed by atoms with E-state index >= 15 is 0 Å². The lowest BCUT2D eigenvalue weighted by Crippen LogP contribution is -2.25. The fraction of sp³-hybridized carbons (Fsp3) is 0.100. The number of para-hydroxylation sites is 6. The highest BCUT2D eigenvalue weighted by Gasteiger charge is 2.36. The van der Waals surface area contributed by atoms with Crippen LogP contribution in [0.25, 0.3) is 55.6 Å². The maximum Gasteiger partial charge on any atom is 0.0703 e. The third kappa shape index (κ3) is 5.39. The van der Waals surface area contributed by atoms with Gasteiger partial charge < -0.3 is 14.7 Å². The minimum atomic E-state index is -0.111. The van der Waals surface area contributed by atoms with Gasteiger partial charge in [-0.3, -0.25) is 0 Å². The molecule has 0 fully saturated rings. The zero-order valence-corrected chi connectivity index (χ0v) is 35.5. The van der Waals surface area contributed by atoms with Crippen LogP contribution in [0.2, 0.25) is 0 Å². The number of fused-ring (bicyclic) bond motifs is 6. The van der Waals surface area contributed by atoms with E-state index in [-0.39, 0.29) is 5.41 Å². The number of hydrogen-bond donors (Lipinski definition) is 0. The summed E-state index contributed by atoms with van der Waals surface area (Å²) >= 11 is 0. The summed E-state index contributed by atoms with van der Waals surface area (Å²) in [6, 6.07) is 70.0. The van der Waals surface area contributed by atoms with Crippen LogP contribution < -0.4 is 14.7 Å². The van der Waals surface area contributed by atoms with Crippen molar-refractivity contribution < 1.29 is 0 Å². The first kappa shape index (κ1) is 36.1. The molecule has 0 spiro atoms. The molecule has 0 saturated carbocycles. The Morgan fingerprint density at radius 1 is 0.444 bits per heavy atom. The van der Waals surface area contributed by atoms with Gasteiger partial charge in [0.2, 0.25) is 0 Å². The quantitative estimate of drug-likeness (QED) is 0.127. The molecule has 0 atom stereocenters. The highest BCUT2D eigenvalue weighted by atomic mass is 15.3. The largest absolute Gasteiger partial charge is 0.341 e. The predicted molar refractivity (Wildman–Crippen MR) is 268 cm³/mol. The van der Waals surface area contributed by atoms with E-state index in [2.05, 4.69) is 229 Å². The molecule has 0 radical (unpaired) electrons. The molecule has 0 unspecified atom stereocenters. The second-order valence-corrected chi connectivity index (χ2v) is 18.0. The Kier molecular flexibility index (Phi) is 7.84. The van der Waals surface area contributed by atoms with E-state index in [1.165, 1.54) is 94.7 Å². The van der Waals surface area contributed by atoms with Gasteiger partial charge in [0.25, 0.3) is 0 Å². The van der Waals surface area contributed by atoms with E-state index in [0.29, 0.717) is 0 Å². The number of aryl methyl sites for hydroxylation is 1. The van der Waals surface area contributed by atoms with Crippen LogP contribution >= 0.6 is 0 Å². The fourth-order valence-electron chi connectivity index (χ4n) is 11.2. The van der Waals surface area contributed by atoms with Crippen LogP contribution in [0, 0.1) is 0 Å². The van der Waals surface area contributed by atoms with Crippen molar-refractivity contribution in [3.63, 3.8) is 0 Å². The molecule has 3 aliphatic rings. The molecule has 0 amide bonds. The maximum absolute atomic E-state index is 2.52. The number of hydrogen-bond acceptors (Lipinski definition) is 3. The molecule has 2 heterocycles. The van der Waals surface area contributed by atoms with Crippen LogP contribution in [0.15, 0.2) is 188 Å². The Balaban J connectivity index is 0.881. The second-order valence-electron chi connectivity index (χ2n) is 18.0. The van der Waals surface area contributed by atoms with Crippen LogP contribution in [-0.2, 0) is 11.8 Å². The topological polar surface area (TPSA) is 9.72 Å². The normalized spacial score (nSPS) is 14.9. The Morgan fingerprint density at radius 2 is 1.03 bits per heavy atom. The van der Waals surface area contributed by atoms with Crippen molar-refractivity contribution in [3.8, 4) is 11.1 Å². The van der Waals surface area contributed by atoms with E-state index in [1.54, 1.807) is 0 Å². The molecule has 0 bridgehead atoms. The lowest BCUT2D eigenvalue weighted by atomic mass is 9.81. The van der Waals surface area contributed by atoms with Gasteiger partial charge in [-0.05, 0) is 139 Å². The SMILES string of the molecule is CC1(C)c2cc(/C=C/c3ccc4ccc5c(N6c7ccccc7N(c7ccccc7)c7ccccc76)ccc6ccc3c4c65)ccc2-c2ccc(N3CCCc4ccccc43)cc21. The van der Waals surface area contributed by atoms with Gasteiger partial charge >= 0.3 is 0 Å². The molecule has 13 rings (SSSR count). The first-order valence-electron chi connectivity index (χ1n) is 22.4. The highest BCUT2D eigenvalue weighted by Crippen LogP contribution is 2.56. The van der Waals surface area contributed by atoms with Gasteiger partial charge in [-0.2, -0.15) is 0 Å². The van der Waals surface area contributed by atoms with Gasteiger partial charge in [0.1, 0.15) is 0 Å². The van der Waals surface area contributed by atoms with Crippen molar-refractivity contribution in [1.82, 2.24) is 0 Å². The van der Waals surface area contributed by atoms with Crippen LogP contribution in [0.3, 0.4) is 0 Å². The van der Waals surface area contributed by atoms with Gasteiger partial charge in [0.15, 0.2) is 0 Å². The zero-order valence-electron chi connectivity index (χ0n) is 35.5. The predicted octanol–water partition coefficient (Wildman–Crippen LogP) is 16.4. The summed E-state index contributed by atoms with van der Waals surface area (Å²) in [5.41, 5.74) is 18.9. The molecule has 10 aromatic rings. The van der Waals surface area contributed by atoms with Crippen LogP contribution in [0.5, 0.6) is 0 Å². The second kappa shape index (κ2) is 13.7. The Hall–Kier alpha value is -7.62. The number of benzene rings is 10. The average molecular weight is 808 g/mol. The van der Waals surface area contributed by atoms with Crippen LogP contribution in [0.4, 0.5) is 45.5 Å². The molecule has 3 heteroatoms. The first-order chi connectivity index (χ1) is 31.0. The molecular weight excluding hydrogens is 763 g/mol. The third-order valence-electron chi connectivity index (χ3n) is 14.2. The summed E-state index contributed by atoms with van der Waals surface area (Å²) in [4.78, 5) is 7.38. The summed E-state index contributed by atoms with van der Waals surface area (Å²) in [7, 11) is 0. The van der Waals surface area contributed by atoms with E-state index < -0.39 is 0 Å². The summed E-state index contributed by atoms with van der Waals surface area (Å²) in [5.74, 6) is 0. The van der Waals surface area contributed by atoms with Crippen molar-refractivity contribution in [2.24, 2.45) is 0 Å². The number of nitrogens with zero attached hydrogens (tertiary/aromatic N) is 3. The molecular formula is C60H45N3. The van der Waals surface area contributed by atoms with Crippen LogP contribution in [-0.4, -0.2) is 6.54 Å². The Bertz CT molecular complexity index is 3440. The standard InChI is InChI=1S/C60H45N3/c1-60(2)50-37-39(23-31-47(50)48-34-30-45(38-51(48)60)61-36-12-14-41-13-6-7-17-52(41)61)22-24-40-25-26-42-28-33-49-53(35-29-43-27-32-46(40)58(42)59(43)49)63-56-20-10-8-18-54(56)62(44-15-4-3-5-16-44)55-19-9-11-21-57(55)63/h3-11,13,15-35,37-38H,12,14,36H2,1-2H3/b24-22+. The molecule has 3 nitrogen and oxygen atoms in total. The van der Waals surface area contributed by atoms with E-state index in [4.69, 9.17) is 0 Å². The molecule has 300 valence electrons. The van der Waals surface area contributed by atoms with Crippen molar-refractivity contribution in [3.05, 3.63) is 216 Å². The van der Waals surface area contributed by atoms with Gasteiger partial charge in [-0.1, -0.05) is 153 Å². The van der Waals surface area contributed by atoms with Crippen LogP contribution in [0.1, 0.15) is 48.1 Å². The van der Waals surface area contributed by atoms with Gasteiger partial charge in [0, 0.05) is 34.4 Å². The molecule has 63 heavy (non-hydrogen) atoms. The monoisotopic (exact) mass is 807 g/mol. The Labute approximate surface area is 368 Å². The van der Waals surface area contributed by atoms with Crippen molar-refractivity contribution >= 4 is 90.0 Å². The Morgan fingerprint density at radius 3 is 1.78 bits per heavy atom. The summed E-state index contributed by atoms with van der Waals surface area (Å²) in [5, 5.41) is 7.66. The van der Waals surface area contributed by atoms with Gasteiger partial charge in [-0.15, -0.1) is 0 Å². The smallest absolute Gasteiger partial charge is 0.0703 e. The van der Waals surface area contributed by atoms with E-state index in [1.807, 2.05) is 0 Å². The summed E-state index contributed by atoms with van der Waals surface area (Å²) < 4.78 is 0. The van der Waals surface area contributed by atoms with Gasteiger partial charge in [0.05, 0.1) is 28.4 Å². The maximum atomic E-state index is 2.52. The summed E-state index contributed by atoms with van der Waals surface area (Å²) in [6.07, 6.45) is 6.97. The fourth-order valence-corrected chi connectivity index (χ4v) is 11.2. The molecule has 2 aliphatic heterocycles. The first-order valence-corrected chi connectivity index (χ1v) is 22.4. The lowest BCUT2D eigenvalue weighted by Gasteiger charge is -2.40. The number of anilines is 8. The molecule has 0 aromatic heterocycles. The van der Waals surface area contributed by atoms with Crippen molar-refractivity contribution in [2.75, 3.05) is 21.2 Å². The summed E-state index contributed by atoms with van der Waals surface area (Å²) in [6.45, 7) is 5.85. The number of rotatable bonds is 5. The minimum Gasteiger partial charge on any atom is -0.341 e. The molecule has 0 saturated heterocycles. The molecule has 10 aromatic carbocycles. The van der Waals surface area contributed by atoms with E-state index in [0.717, 1.165) is 41.4 Å². The highest BCUT2D eigenvalue weighted by molar-refractivity contribution is 6.27. The van der Waals surface area contributed by atoms with E-state index in [9.17, 15) is 0 Å². The molecule has 0 N–H and O–H groups in total. The van der Waals surface area contributed by atoms with Gasteiger partial charge in [-0.25, -0.2) is 0 Å². The molecule has 1 aliphatic carbocycles. The van der Waals surface area contributed by atoms with Crippen molar-refractivity contribution in [2.45, 2.75) is 32.1 Å². The average Bonchev–Trinajstić information content (AvgIpc) is 3.56. The van der Waals surface area contributed by atoms with Crippen molar-refractivity contribution in [1.29, 1.82) is 0 Å². The lowest BCUT2D eigenvalue weighted by molar-refractivity contribution is 0.659. The minimum absolute atomic E-state index is 0.111. The third-order valence-corrected chi connectivity index (χ3v) is 14.2. The zero-order chi connectivity index (χ0) is 41.8.